The summed E-state index contributed by atoms with van der Waals surface area (Å²) in [7, 11) is 1.54. The number of carboxylic acid groups (broad SMARTS) is 1. The quantitative estimate of drug-likeness (QED) is 0.667. The van der Waals surface area contributed by atoms with Crippen LogP contribution in [0, 0.1) is 5.92 Å². The van der Waals surface area contributed by atoms with Crippen molar-refractivity contribution in [2.75, 3.05) is 33.4 Å². The Morgan fingerprint density at radius 3 is 3.00 bits per heavy atom. The van der Waals surface area contributed by atoms with Crippen LogP contribution in [-0.2, 0) is 9.53 Å². The standard InChI is InChI=1S/C10H19NO4/c1-15-7-9(12)6-11-4-2-3-8(5-11)10(13)14/h8-9,12H,2-7H2,1H3,(H,13,14). The topological polar surface area (TPSA) is 70.0 Å². The van der Waals surface area contributed by atoms with Crippen molar-refractivity contribution in [1.82, 2.24) is 4.90 Å². The second-order valence-electron chi connectivity index (χ2n) is 4.05. The molecule has 1 saturated heterocycles. The number of piperidine rings is 1. The van der Waals surface area contributed by atoms with E-state index in [0.29, 0.717) is 19.7 Å². The second-order valence-corrected chi connectivity index (χ2v) is 4.05. The molecule has 15 heavy (non-hydrogen) atoms. The van der Waals surface area contributed by atoms with Gasteiger partial charge in [-0.25, -0.2) is 0 Å². The summed E-state index contributed by atoms with van der Waals surface area (Å²) in [5, 5.41) is 18.4. The van der Waals surface area contributed by atoms with E-state index in [-0.39, 0.29) is 5.92 Å². The van der Waals surface area contributed by atoms with Gasteiger partial charge in [-0.05, 0) is 19.4 Å². The van der Waals surface area contributed by atoms with E-state index in [0.717, 1.165) is 19.4 Å². The number of aliphatic hydroxyl groups is 1. The molecule has 2 atom stereocenters. The number of likely N-dealkylation sites (tertiary alicyclic amines) is 1. The number of rotatable bonds is 5. The van der Waals surface area contributed by atoms with Crippen LogP contribution in [0.1, 0.15) is 12.8 Å². The van der Waals surface area contributed by atoms with Gasteiger partial charge in [-0.2, -0.15) is 0 Å². The Morgan fingerprint density at radius 1 is 1.67 bits per heavy atom. The molecular weight excluding hydrogens is 198 g/mol. The van der Waals surface area contributed by atoms with Crippen LogP contribution in [0.3, 0.4) is 0 Å². The fourth-order valence-electron chi connectivity index (χ4n) is 1.97. The van der Waals surface area contributed by atoms with Crippen LogP contribution in [0.15, 0.2) is 0 Å². The second kappa shape index (κ2) is 6.05. The zero-order valence-corrected chi connectivity index (χ0v) is 9.06. The van der Waals surface area contributed by atoms with Crippen LogP contribution in [-0.4, -0.2) is 60.5 Å². The summed E-state index contributed by atoms with van der Waals surface area (Å²) in [5.74, 6) is -1.02. The SMILES string of the molecule is COCC(O)CN1CCCC(C(=O)O)C1. The first-order chi connectivity index (χ1) is 7.13. The smallest absolute Gasteiger partial charge is 0.307 e. The summed E-state index contributed by atoms with van der Waals surface area (Å²) in [6.07, 6.45) is 1.10. The van der Waals surface area contributed by atoms with E-state index in [4.69, 9.17) is 9.84 Å². The van der Waals surface area contributed by atoms with E-state index in [1.54, 1.807) is 7.11 Å². The summed E-state index contributed by atoms with van der Waals surface area (Å²) in [4.78, 5) is 12.8. The van der Waals surface area contributed by atoms with Crippen LogP contribution in [0.25, 0.3) is 0 Å². The highest BCUT2D eigenvalue weighted by Gasteiger charge is 2.26. The van der Waals surface area contributed by atoms with Crippen LogP contribution in [0.5, 0.6) is 0 Å². The number of carbonyl (C=O) groups is 1. The molecule has 1 aliphatic rings. The highest BCUT2D eigenvalue weighted by Crippen LogP contribution is 2.16. The minimum Gasteiger partial charge on any atom is -0.481 e. The van der Waals surface area contributed by atoms with E-state index in [9.17, 15) is 9.90 Å². The molecule has 0 radical (unpaired) electrons. The fraction of sp³-hybridized carbons (Fsp3) is 0.900. The fourth-order valence-corrected chi connectivity index (χ4v) is 1.97. The van der Waals surface area contributed by atoms with Gasteiger partial charge in [0.2, 0.25) is 0 Å². The van der Waals surface area contributed by atoms with Crippen molar-refractivity contribution in [3.63, 3.8) is 0 Å². The van der Waals surface area contributed by atoms with Crippen LogP contribution < -0.4 is 0 Å². The molecule has 2 N–H and O–H groups in total. The van der Waals surface area contributed by atoms with Gasteiger partial charge >= 0.3 is 5.97 Å². The summed E-state index contributed by atoms with van der Waals surface area (Å²) in [6.45, 7) is 2.20. The van der Waals surface area contributed by atoms with Crippen LogP contribution in [0.2, 0.25) is 0 Å². The highest BCUT2D eigenvalue weighted by atomic mass is 16.5. The molecule has 1 heterocycles. The minimum atomic E-state index is -0.735. The van der Waals surface area contributed by atoms with Crippen molar-refractivity contribution in [2.45, 2.75) is 18.9 Å². The predicted octanol–water partition coefficient (Wildman–Crippen LogP) is -0.210. The van der Waals surface area contributed by atoms with Gasteiger partial charge in [-0.15, -0.1) is 0 Å². The molecule has 2 unspecified atom stereocenters. The average molecular weight is 217 g/mol. The number of nitrogens with zero attached hydrogens (tertiary/aromatic N) is 1. The zero-order valence-electron chi connectivity index (χ0n) is 9.06. The molecule has 5 heteroatoms. The lowest BCUT2D eigenvalue weighted by Gasteiger charge is -2.31. The maximum atomic E-state index is 10.8. The van der Waals surface area contributed by atoms with Crippen molar-refractivity contribution in [2.24, 2.45) is 5.92 Å². The van der Waals surface area contributed by atoms with Crippen molar-refractivity contribution in [3.8, 4) is 0 Å². The van der Waals surface area contributed by atoms with Crippen molar-refractivity contribution >= 4 is 5.97 Å². The lowest BCUT2D eigenvalue weighted by molar-refractivity contribution is -0.143. The van der Waals surface area contributed by atoms with E-state index in [1.807, 2.05) is 4.90 Å². The molecule has 0 saturated carbocycles. The number of β-amino-alcohol motifs (C(OH)–C–C–N with tert-alkyl or cyclic N) is 1. The van der Waals surface area contributed by atoms with Crippen LogP contribution >= 0.6 is 0 Å². The monoisotopic (exact) mass is 217 g/mol. The molecule has 0 aromatic heterocycles. The Bertz CT molecular complexity index is 210. The van der Waals surface area contributed by atoms with Crippen molar-refractivity contribution in [3.05, 3.63) is 0 Å². The molecule has 88 valence electrons. The maximum Gasteiger partial charge on any atom is 0.307 e. The number of aliphatic carboxylic acids is 1. The number of aliphatic hydroxyl groups excluding tert-OH is 1. The summed E-state index contributed by atoms with van der Waals surface area (Å²) >= 11 is 0. The third kappa shape index (κ3) is 4.15. The Morgan fingerprint density at radius 2 is 2.40 bits per heavy atom. The first-order valence-electron chi connectivity index (χ1n) is 5.25. The first kappa shape index (κ1) is 12.4. The maximum absolute atomic E-state index is 10.8. The van der Waals surface area contributed by atoms with Gasteiger partial charge < -0.3 is 14.9 Å². The van der Waals surface area contributed by atoms with Gasteiger partial charge in [0.1, 0.15) is 0 Å². The van der Waals surface area contributed by atoms with E-state index >= 15 is 0 Å². The van der Waals surface area contributed by atoms with Crippen LogP contribution in [0.4, 0.5) is 0 Å². The van der Waals surface area contributed by atoms with Gasteiger partial charge in [-0.1, -0.05) is 0 Å². The van der Waals surface area contributed by atoms with Gasteiger partial charge in [-0.3, -0.25) is 9.69 Å². The average Bonchev–Trinajstić information content (AvgIpc) is 2.18. The van der Waals surface area contributed by atoms with E-state index < -0.39 is 12.1 Å². The molecule has 1 fully saturated rings. The van der Waals surface area contributed by atoms with Gasteiger partial charge in [0.15, 0.2) is 0 Å². The summed E-state index contributed by atoms with van der Waals surface area (Å²) in [5.41, 5.74) is 0. The molecular formula is C10H19NO4. The lowest BCUT2D eigenvalue weighted by Crippen LogP contribution is -2.43. The van der Waals surface area contributed by atoms with Crippen molar-refractivity contribution in [1.29, 1.82) is 0 Å². The van der Waals surface area contributed by atoms with Crippen molar-refractivity contribution < 1.29 is 19.7 Å². The zero-order chi connectivity index (χ0) is 11.3. The Hall–Kier alpha value is -0.650. The molecule has 0 aliphatic carbocycles. The Balaban J connectivity index is 2.32. The lowest BCUT2D eigenvalue weighted by atomic mass is 9.98. The molecule has 1 aliphatic heterocycles. The van der Waals surface area contributed by atoms with Gasteiger partial charge in [0.05, 0.1) is 18.6 Å². The molecule has 5 nitrogen and oxygen atoms in total. The Labute approximate surface area is 89.6 Å². The van der Waals surface area contributed by atoms with E-state index in [2.05, 4.69) is 0 Å². The summed E-state index contributed by atoms with van der Waals surface area (Å²) < 4.78 is 4.83. The number of methoxy groups -OCH3 is 1. The first-order valence-corrected chi connectivity index (χ1v) is 5.25. The molecule has 0 spiro atoms. The molecule has 1 rings (SSSR count). The van der Waals surface area contributed by atoms with E-state index in [1.165, 1.54) is 0 Å². The Kier molecular flexibility index (Phi) is 5.01. The minimum absolute atomic E-state index is 0.284. The number of carboxylic acids is 1. The number of hydrogen-bond donors (Lipinski definition) is 2. The summed E-state index contributed by atoms with van der Waals surface area (Å²) in [6, 6.07) is 0. The predicted molar refractivity (Wildman–Crippen MR) is 54.7 cm³/mol. The van der Waals surface area contributed by atoms with Gasteiger partial charge in [0, 0.05) is 20.2 Å². The third-order valence-corrected chi connectivity index (χ3v) is 2.68. The normalized spacial score (nSPS) is 25.1. The van der Waals surface area contributed by atoms with Gasteiger partial charge in [0.25, 0.3) is 0 Å². The number of ether oxygens (including phenoxy) is 1. The molecule has 0 amide bonds. The largest absolute Gasteiger partial charge is 0.481 e. The highest BCUT2D eigenvalue weighted by molar-refractivity contribution is 5.70. The number of hydrogen-bond acceptors (Lipinski definition) is 4. The molecule has 0 aromatic rings. The molecule has 0 aromatic carbocycles. The molecule has 0 bridgehead atoms. The third-order valence-electron chi connectivity index (χ3n) is 2.68.